The summed E-state index contributed by atoms with van der Waals surface area (Å²) in [5, 5.41) is 31.3. The van der Waals surface area contributed by atoms with E-state index in [1.807, 2.05) is 19.1 Å². The van der Waals surface area contributed by atoms with Crippen LogP contribution in [0.3, 0.4) is 0 Å². The highest BCUT2D eigenvalue weighted by Crippen LogP contribution is 2.50. The van der Waals surface area contributed by atoms with Gasteiger partial charge in [-0.2, -0.15) is 0 Å². The van der Waals surface area contributed by atoms with Crippen molar-refractivity contribution in [3.63, 3.8) is 0 Å². The Morgan fingerprint density at radius 3 is 2.93 bits per heavy atom. The largest absolute Gasteiger partial charge is 0.444 e. The van der Waals surface area contributed by atoms with Crippen LogP contribution in [0, 0.1) is 12.3 Å². The number of fused-ring (bicyclic) bond motifs is 1. The number of thiophene rings is 1. The first-order valence-corrected chi connectivity index (χ1v) is 9.92. The van der Waals surface area contributed by atoms with Crippen molar-refractivity contribution >= 4 is 35.1 Å². The standard InChI is InChI=1S/C19H23N3O3S2/c1-11-14(4-3-7-21-11)25-18-15-13(6-5-12(10-20)16(15)26)17(27-18)19(2,24)22-8-9-23/h3-4,7,10,20,22-24,26H,5-6,8-9H2,1-2H3. The fourth-order valence-electron chi connectivity index (χ4n) is 3.12. The van der Waals surface area contributed by atoms with Crippen molar-refractivity contribution in [3.05, 3.63) is 45.6 Å². The molecular formula is C19H23N3O3S2. The van der Waals surface area contributed by atoms with Crippen LogP contribution in [-0.2, 0) is 12.1 Å². The highest BCUT2D eigenvalue weighted by atomic mass is 32.1. The molecule has 2 aromatic rings. The Kier molecular flexibility index (Phi) is 6.02. The molecule has 6 nitrogen and oxygen atoms in total. The van der Waals surface area contributed by atoms with Gasteiger partial charge in [-0.05, 0) is 50.0 Å². The highest BCUT2D eigenvalue weighted by Gasteiger charge is 2.34. The second-order valence-corrected chi connectivity index (χ2v) is 7.93. The van der Waals surface area contributed by atoms with Crippen LogP contribution in [0.25, 0.3) is 4.91 Å². The van der Waals surface area contributed by atoms with Gasteiger partial charge in [0.25, 0.3) is 0 Å². The first-order valence-electron chi connectivity index (χ1n) is 8.66. The van der Waals surface area contributed by atoms with Crippen LogP contribution < -0.4 is 10.1 Å². The average Bonchev–Trinajstić information content (AvgIpc) is 3.02. The van der Waals surface area contributed by atoms with E-state index in [1.165, 1.54) is 17.6 Å². The SMILES string of the molecule is Cc1ncccc1Oc1sc(C(C)(O)NCCO)c2c1C(S)=C(C=N)CC2. The van der Waals surface area contributed by atoms with E-state index >= 15 is 0 Å². The lowest BCUT2D eigenvalue weighted by molar-refractivity contribution is 0.0187. The molecule has 1 aliphatic rings. The molecule has 0 aliphatic heterocycles. The van der Waals surface area contributed by atoms with E-state index in [0.717, 1.165) is 27.3 Å². The van der Waals surface area contributed by atoms with Gasteiger partial charge in [-0.15, -0.1) is 12.6 Å². The Labute approximate surface area is 167 Å². The minimum atomic E-state index is -1.31. The molecule has 8 heteroatoms. The summed E-state index contributed by atoms with van der Waals surface area (Å²) < 4.78 is 6.16. The van der Waals surface area contributed by atoms with Crippen molar-refractivity contribution in [2.24, 2.45) is 0 Å². The Bertz CT molecular complexity index is 890. The number of nitrogens with zero attached hydrogens (tertiary/aromatic N) is 1. The molecule has 144 valence electrons. The number of allylic oxidation sites excluding steroid dienone is 1. The molecule has 2 aromatic heterocycles. The van der Waals surface area contributed by atoms with Gasteiger partial charge in [0, 0.05) is 29.4 Å². The number of pyridine rings is 1. The maximum atomic E-state index is 11.0. The molecule has 0 amide bonds. The Morgan fingerprint density at radius 2 is 2.26 bits per heavy atom. The van der Waals surface area contributed by atoms with Gasteiger partial charge in [0.05, 0.1) is 17.2 Å². The molecule has 0 radical (unpaired) electrons. The number of aromatic nitrogens is 1. The van der Waals surface area contributed by atoms with Crippen LogP contribution in [0.1, 0.15) is 35.0 Å². The maximum Gasteiger partial charge on any atom is 0.190 e. The number of ether oxygens (including phenoxy) is 1. The van der Waals surface area contributed by atoms with E-state index in [-0.39, 0.29) is 13.2 Å². The van der Waals surface area contributed by atoms with Gasteiger partial charge in [-0.1, -0.05) is 11.3 Å². The molecule has 0 fully saturated rings. The lowest BCUT2D eigenvalue weighted by Gasteiger charge is -2.26. The molecule has 2 heterocycles. The molecular weight excluding hydrogens is 382 g/mol. The minimum Gasteiger partial charge on any atom is -0.444 e. The molecule has 0 spiro atoms. The molecule has 3 rings (SSSR count). The van der Waals surface area contributed by atoms with Gasteiger partial charge in [-0.25, -0.2) is 0 Å². The zero-order valence-electron chi connectivity index (χ0n) is 15.2. The third kappa shape index (κ3) is 3.95. The van der Waals surface area contributed by atoms with E-state index in [0.29, 0.717) is 28.6 Å². The summed E-state index contributed by atoms with van der Waals surface area (Å²) >= 11 is 6.00. The Morgan fingerprint density at radius 1 is 1.48 bits per heavy atom. The van der Waals surface area contributed by atoms with Crippen LogP contribution in [0.15, 0.2) is 23.9 Å². The number of hydrogen-bond donors (Lipinski definition) is 5. The minimum absolute atomic E-state index is 0.0718. The summed E-state index contributed by atoms with van der Waals surface area (Å²) in [5.74, 6) is 0.638. The van der Waals surface area contributed by atoms with E-state index in [4.69, 9.17) is 15.3 Å². The second kappa shape index (κ2) is 8.12. The lowest BCUT2D eigenvalue weighted by Crippen LogP contribution is -2.41. The van der Waals surface area contributed by atoms with Gasteiger partial charge in [0.2, 0.25) is 0 Å². The van der Waals surface area contributed by atoms with E-state index in [9.17, 15) is 5.11 Å². The first-order chi connectivity index (χ1) is 12.9. The molecule has 0 saturated heterocycles. The predicted molar refractivity (Wildman–Crippen MR) is 111 cm³/mol. The molecule has 4 N–H and O–H groups in total. The molecule has 0 bridgehead atoms. The van der Waals surface area contributed by atoms with Crippen LogP contribution >= 0.6 is 24.0 Å². The normalized spacial score (nSPS) is 16.0. The number of aliphatic hydroxyl groups excluding tert-OH is 1. The van der Waals surface area contributed by atoms with Crippen LogP contribution in [0.4, 0.5) is 0 Å². The molecule has 1 atom stereocenters. The molecule has 1 unspecified atom stereocenters. The zero-order valence-corrected chi connectivity index (χ0v) is 17.0. The van der Waals surface area contributed by atoms with Crippen molar-refractivity contribution in [1.82, 2.24) is 10.3 Å². The Hall–Kier alpha value is -1.71. The third-order valence-electron chi connectivity index (χ3n) is 4.52. The quantitative estimate of drug-likeness (QED) is 0.277. The summed E-state index contributed by atoms with van der Waals surface area (Å²) in [4.78, 5) is 5.69. The molecule has 0 aromatic carbocycles. The number of hydrogen-bond acceptors (Lipinski definition) is 8. The molecule has 0 saturated carbocycles. The van der Waals surface area contributed by atoms with Crippen LogP contribution in [-0.4, -0.2) is 34.6 Å². The number of thiol groups is 1. The summed E-state index contributed by atoms with van der Waals surface area (Å²) in [6, 6.07) is 3.65. The maximum absolute atomic E-state index is 11.0. The highest BCUT2D eigenvalue weighted by molar-refractivity contribution is 7.90. The fourth-order valence-corrected chi connectivity index (χ4v) is 4.85. The lowest BCUT2D eigenvalue weighted by atomic mass is 9.91. The zero-order chi connectivity index (χ0) is 19.6. The van der Waals surface area contributed by atoms with Gasteiger partial charge in [0.1, 0.15) is 11.5 Å². The van der Waals surface area contributed by atoms with Crippen molar-refractivity contribution in [1.29, 1.82) is 5.41 Å². The monoisotopic (exact) mass is 405 g/mol. The smallest absolute Gasteiger partial charge is 0.190 e. The summed E-state index contributed by atoms with van der Waals surface area (Å²) in [6.45, 7) is 3.74. The van der Waals surface area contributed by atoms with Crippen molar-refractivity contribution in [2.45, 2.75) is 32.4 Å². The van der Waals surface area contributed by atoms with Gasteiger partial charge in [0.15, 0.2) is 5.06 Å². The number of aliphatic hydroxyl groups is 2. The number of aryl methyl sites for hydroxylation is 1. The van der Waals surface area contributed by atoms with Gasteiger partial charge >= 0.3 is 0 Å². The second-order valence-electron chi connectivity index (χ2n) is 6.50. The summed E-state index contributed by atoms with van der Waals surface area (Å²) in [6.07, 6.45) is 4.39. The van der Waals surface area contributed by atoms with E-state index in [2.05, 4.69) is 22.9 Å². The van der Waals surface area contributed by atoms with Gasteiger partial charge < -0.3 is 20.4 Å². The number of rotatable bonds is 7. The Balaban J connectivity index is 2.12. The summed E-state index contributed by atoms with van der Waals surface area (Å²) in [7, 11) is 0. The van der Waals surface area contributed by atoms with E-state index < -0.39 is 5.72 Å². The van der Waals surface area contributed by atoms with Crippen molar-refractivity contribution in [2.75, 3.05) is 13.2 Å². The van der Waals surface area contributed by atoms with Crippen molar-refractivity contribution < 1.29 is 14.9 Å². The number of nitrogens with one attached hydrogen (secondary N) is 2. The fraction of sp³-hybridized carbons (Fsp3) is 0.368. The summed E-state index contributed by atoms with van der Waals surface area (Å²) in [5.41, 5.74) is 2.07. The van der Waals surface area contributed by atoms with Gasteiger partial charge in [-0.3, -0.25) is 10.3 Å². The average molecular weight is 406 g/mol. The molecule has 27 heavy (non-hydrogen) atoms. The predicted octanol–water partition coefficient (Wildman–Crippen LogP) is 3.23. The van der Waals surface area contributed by atoms with Crippen LogP contribution in [0.5, 0.6) is 10.8 Å². The van der Waals surface area contributed by atoms with Crippen LogP contribution in [0.2, 0.25) is 0 Å². The third-order valence-corrected chi connectivity index (χ3v) is 6.35. The van der Waals surface area contributed by atoms with Crippen molar-refractivity contribution in [3.8, 4) is 10.8 Å². The first kappa shape index (κ1) is 20.0. The topological polar surface area (TPSA) is 98.5 Å². The molecule has 1 aliphatic carbocycles. The van der Waals surface area contributed by atoms with E-state index in [1.54, 1.807) is 13.1 Å².